The number of nitrogens with zero attached hydrogens (tertiary/aromatic N) is 5. The van der Waals surface area contributed by atoms with Crippen LogP contribution in [-0.2, 0) is 0 Å². The molecule has 0 aliphatic carbocycles. The first-order valence-corrected chi connectivity index (χ1v) is 42.9. The van der Waals surface area contributed by atoms with E-state index in [0.717, 1.165) is 83.0 Å². The average molecular weight is 1640 g/mol. The summed E-state index contributed by atoms with van der Waals surface area (Å²) >= 11 is 23.0. The molecule has 6 nitrogen and oxygen atoms in total. The minimum absolute atomic E-state index is 0.0967. The first-order valence-electron chi connectivity index (χ1n) is 40.1. The van der Waals surface area contributed by atoms with Gasteiger partial charge in [0.2, 0.25) is 0 Å². The van der Waals surface area contributed by atoms with Crippen molar-refractivity contribution in [3.05, 3.63) is 450 Å². The van der Waals surface area contributed by atoms with Gasteiger partial charge in [0.25, 0.3) is 0 Å². The van der Waals surface area contributed by atoms with E-state index in [9.17, 15) is 0 Å². The van der Waals surface area contributed by atoms with Crippen LogP contribution in [0.4, 0.5) is 34.1 Å². The fourth-order valence-electron chi connectivity index (χ4n) is 18.0. The molecule has 0 saturated heterocycles. The number of hydrogen-bond donors (Lipinski definition) is 0. The third kappa shape index (κ3) is 12.9. The number of benzene rings is 18. The van der Waals surface area contributed by atoms with Crippen LogP contribution >= 0.6 is 57.5 Å². The molecule has 1 atom stereocenters. The van der Waals surface area contributed by atoms with Gasteiger partial charge in [-0.15, -0.1) is 22.7 Å². The van der Waals surface area contributed by atoms with Crippen LogP contribution in [0, 0.1) is 0 Å². The highest BCUT2D eigenvalue weighted by molar-refractivity contribution is 7.26. The lowest BCUT2D eigenvalue weighted by atomic mass is 9.84. The van der Waals surface area contributed by atoms with Crippen LogP contribution in [0.25, 0.3) is 145 Å². The van der Waals surface area contributed by atoms with Crippen molar-refractivity contribution in [2.24, 2.45) is 0 Å². The number of para-hydroxylation sites is 8. The van der Waals surface area contributed by atoms with Crippen molar-refractivity contribution in [2.45, 2.75) is 5.92 Å². The van der Waals surface area contributed by atoms with Gasteiger partial charge in [-0.2, -0.15) is 0 Å². The summed E-state index contributed by atoms with van der Waals surface area (Å²) in [5.41, 5.74) is 22.5. The summed E-state index contributed by atoms with van der Waals surface area (Å²) in [4.78, 5) is 4.63. The van der Waals surface area contributed by atoms with Crippen molar-refractivity contribution in [3.8, 4) is 17.1 Å². The maximum Gasteiger partial charge on any atom is 0.137 e. The number of anilines is 6. The molecule has 0 spiro atoms. The topological polar surface area (TPSA) is 34.4 Å². The molecule has 11 heteroatoms. The van der Waals surface area contributed by atoms with Crippen LogP contribution in [0.5, 0.6) is 0 Å². The molecule has 1 unspecified atom stereocenters. The molecule has 0 amide bonds. The van der Waals surface area contributed by atoms with Gasteiger partial charge in [0, 0.05) is 156 Å². The second-order valence-electron chi connectivity index (χ2n) is 30.2. The monoisotopic (exact) mass is 1630 g/mol. The quantitative estimate of drug-likeness (QED) is 0.114. The van der Waals surface area contributed by atoms with E-state index < -0.39 is 0 Å². The van der Waals surface area contributed by atoms with Crippen molar-refractivity contribution >= 4 is 219 Å². The number of hydrogen-bond acceptors (Lipinski definition) is 5. The van der Waals surface area contributed by atoms with E-state index in [1.54, 1.807) is 22.7 Å². The number of fused-ring (bicyclic) bond motifs is 18. The zero-order valence-electron chi connectivity index (χ0n) is 64.5. The minimum atomic E-state index is 0.0967. The molecule has 0 saturated carbocycles. The Balaban J connectivity index is 0.000000108. The van der Waals surface area contributed by atoms with Gasteiger partial charge in [0.1, 0.15) is 11.2 Å². The SMILES string of the molecule is Clc1cc(N(c2ccccc2)c2ccc3c4ccccc4n(-c4ccccc4)c3c2)c2c(c1)sc1ccccc12.Clc1ccc2c(c1)sc1ccc(C(c3ccccc3)c3ccc4c5ccccc5n(-c5ccccc5)c4c3)cc12.Clc1ccc2oc3cc(N(c4ccccc4)c4ccc5c6ccccc6n(-c6ccccc6)c5c4)ccc3c2c1. The molecule has 0 bridgehead atoms. The van der Waals surface area contributed by atoms with E-state index in [1.165, 1.54) is 123 Å². The molecule has 24 rings (SSSR count). The predicted octanol–water partition coefficient (Wildman–Crippen LogP) is 33.1. The molecule has 570 valence electrons. The fraction of sp³-hybridized carbons (Fsp3) is 0.00917. The molecular formula is C109H70Cl3N5OS2. The molecule has 6 aromatic heterocycles. The van der Waals surface area contributed by atoms with Gasteiger partial charge >= 0.3 is 0 Å². The number of thiophene rings is 2. The Morgan fingerprint density at radius 1 is 0.225 bits per heavy atom. The minimum Gasteiger partial charge on any atom is -0.456 e. The molecular weight excluding hydrogens is 1570 g/mol. The summed E-state index contributed by atoms with van der Waals surface area (Å²) in [6.45, 7) is 0. The lowest BCUT2D eigenvalue weighted by Crippen LogP contribution is -2.10. The van der Waals surface area contributed by atoms with Gasteiger partial charge in [-0.1, -0.05) is 265 Å². The van der Waals surface area contributed by atoms with E-state index in [1.807, 2.05) is 30.3 Å². The van der Waals surface area contributed by atoms with Crippen molar-refractivity contribution in [1.82, 2.24) is 13.7 Å². The molecule has 120 heavy (non-hydrogen) atoms. The highest BCUT2D eigenvalue weighted by Crippen LogP contribution is 2.50. The van der Waals surface area contributed by atoms with Crippen molar-refractivity contribution in [2.75, 3.05) is 9.80 Å². The van der Waals surface area contributed by atoms with Gasteiger partial charge in [-0.3, -0.25) is 0 Å². The first-order chi connectivity index (χ1) is 59.2. The Morgan fingerprint density at radius 2 is 0.633 bits per heavy atom. The van der Waals surface area contributed by atoms with Crippen LogP contribution in [-0.4, -0.2) is 13.7 Å². The Labute approximate surface area is 714 Å². The lowest BCUT2D eigenvalue weighted by molar-refractivity contribution is 0.669. The Kier molecular flexibility index (Phi) is 18.4. The molecule has 6 heterocycles. The normalized spacial score (nSPS) is 11.9. The van der Waals surface area contributed by atoms with E-state index in [-0.39, 0.29) is 5.92 Å². The highest BCUT2D eigenvalue weighted by atomic mass is 35.5. The number of halogens is 3. The predicted molar refractivity (Wildman–Crippen MR) is 514 cm³/mol. The molecule has 18 aromatic carbocycles. The summed E-state index contributed by atoms with van der Waals surface area (Å²) in [5, 5.41) is 16.8. The summed E-state index contributed by atoms with van der Waals surface area (Å²) in [5.74, 6) is 0.0967. The highest BCUT2D eigenvalue weighted by Gasteiger charge is 2.26. The summed E-state index contributed by atoms with van der Waals surface area (Å²) in [7, 11) is 0. The van der Waals surface area contributed by atoms with Crippen LogP contribution in [0.3, 0.4) is 0 Å². The first kappa shape index (κ1) is 72.5. The fourth-order valence-corrected chi connectivity index (χ4v) is 21.0. The maximum atomic E-state index is 6.80. The van der Waals surface area contributed by atoms with Crippen LogP contribution in [0.15, 0.2) is 423 Å². The van der Waals surface area contributed by atoms with E-state index in [2.05, 4.69) is 412 Å². The van der Waals surface area contributed by atoms with Crippen molar-refractivity contribution in [1.29, 1.82) is 0 Å². The van der Waals surface area contributed by atoms with E-state index in [4.69, 9.17) is 39.2 Å². The summed E-state index contributed by atoms with van der Waals surface area (Å²) in [6, 6.07) is 148. The molecule has 0 aliphatic rings. The van der Waals surface area contributed by atoms with E-state index >= 15 is 0 Å². The summed E-state index contributed by atoms with van der Waals surface area (Å²) in [6.07, 6.45) is 0. The Bertz CT molecular complexity index is 8040. The zero-order chi connectivity index (χ0) is 79.9. The summed E-state index contributed by atoms with van der Waals surface area (Å²) < 4.78 is 18.3. The second-order valence-corrected chi connectivity index (χ2v) is 33.7. The smallest absolute Gasteiger partial charge is 0.137 e. The molecule has 0 radical (unpaired) electrons. The largest absolute Gasteiger partial charge is 0.456 e. The van der Waals surface area contributed by atoms with Gasteiger partial charge in [-0.25, -0.2) is 0 Å². The van der Waals surface area contributed by atoms with Gasteiger partial charge in [-0.05, 0) is 199 Å². The lowest BCUT2D eigenvalue weighted by Gasteiger charge is -2.27. The van der Waals surface area contributed by atoms with Crippen LogP contribution in [0.2, 0.25) is 15.1 Å². The standard InChI is InChI=1S/C37H24ClNS.C36H23ClN2O.C36H23ClN2S/c38-27-17-19-31-32-21-25(16-20-35(32)40-36(31)23-27)37(24-9-3-1-4-10-24)26-15-18-30-29-13-7-8-14-33(29)39(34(30)22-26)28-11-5-2-6-12-28;37-24-15-20-35-32(21-24)31-19-17-28(23-36(31)40-35)38(25-9-3-1-4-10-25)27-16-18-30-29-13-7-8-14-33(29)39(34(30)22-27)26-11-5-2-6-12-26;37-24-21-33(36-30-16-8-10-18-34(30)40-35(36)22-24)38(25-11-3-1-4-12-25)27-19-20-29-28-15-7-9-17-31(28)39(32(29)23-27)26-13-5-2-6-14-26/h1-23,37H;2*1-23H. The Hall–Kier alpha value is -13.9. The van der Waals surface area contributed by atoms with Crippen molar-refractivity contribution < 1.29 is 4.42 Å². The van der Waals surface area contributed by atoms with Crippen LogP contribution in [0.1, 0.15) is 22.6 Å². The van der Waals surface area contributed by atoms with Gasteiger partial charge < -0.3 is 27.9 Å². The van der Waals surface area contributed by atoms with E-state index in [0.29, 0.717) is 5.02 Å². The molecule has 24 aromatic rings. The third-order valence-electron chi connectivity index (χ3n) is 23.2. The Morgan fingerprint density at radius 3 is 1.22 bits per heavy atom. The molecule has 0 fully saturated rings. The molecule has 0 N–H and O–H groups in total. The number of aromatic nitrogens is 3. The number of furan rings is 1. The molecule has 0 aliphatic heterocycles. The maximum absolute atomic E-state index is 6.80. The van der Waals surface area contributed by atoms with Gasteiger partial charge in [0.05, 0.1) is 38.8 Å². The van der Waals surface area contributed by atoms with Gasteiger partial charge in [0.15, 0.2) is 0 Å². The number of rotatable bonds is 12. The average Bonchev–Trinajstić information content (AvgIpc) is 1.59. The zero-order valence-corrected chi connectivity index (χ0v) is 68.4. The third-order valence-corrected chi connectivity index (χ3v) is 26.1. The van der Waals surface area contributed by atoms with Crippen molar-refractivity contribution in [3.63, 3.8) is 0 Å². The van der Waals surface area contributed by atoms with Crippen LogP contribution < -0.4 is 9.80 Å². The second kappa shape index (κ2) is 30.5.